The van der Waals surface area contributed by atoms with Crippen LogP contribution in [0.1, 0.15) is 48.9 Å². The minimum atomic E-state index is 0.0390. The number of nitrogens with one attached hydrogen (secondary N) is 1. The van der Waals surface area contributed by atoms with Crippen molar-refractivity contribution in [2.75, 3.05) is 25.9 Å². The van der Waals surface area contributed by atoms with E-state index in [-0.39, 0.29) is 11.8 Å². The Hall–Kier alpha value is -2.06. The number of likely N-dealkylation sites (tertiary alicyclic amines) is 1. The van der Waals surface area contributed by atoms with Gasteiger partial charge in [-0.2, -0.15) is 0 Å². The predicted molar refractivity (Wildman–Crippen MR) is 132 cm³/mol. The Morgan fingerprint density at radius 1 is 1.28 bits per heavy atom. The summed E-state index contributed by atoms with van der Waals surface area (Å²) in [6.45, 7) is 2.34. The largest absolute Gasteiger partial charge is 0.352 e. The number of aliphatic imine (C=N–C) groups is 1. The fourth-order valence-corrected chi connectivity index (χ4v) is 6.01. The summed E-state index contributed by atoms with van der Waals surface area (Å²) in [5.74, 6) is 1.13. The van der Waals surface area contributed by atoms with E-state index in [2.05, 4.69) is 21.4 Å². The lowest BCUT2D eigenvalue weighted by molar-refractivity contribution is -0.116. The van der Waals surface area contributed by atoms with E-state index in [9.17, 15) is 9.59 Å². The molecule has 4 rings (SSSR count). The van der Waals surface area contributed by atoms with Gasteiger partial charge in [0.25, 0.3) is 11.8 Å². The number of allylic oxidation sites excluding steroid dienone is 2. The molecule has 3 aliphatic rings. The number of carbonyl (C=O) groups is 2. The van der Waals surface area contributed by atoms with Gasteiger partial charge in [-0.15, -0.1) is 11.8 Å². The van der Waals surface area contributed by atoms with Crippen molar-refractivity contribution >= 4 is 41.6 Å². The summed E-state index contributed by atoms with van der Waals surface area (Å²) < 4.78 is 0. The van der Waals surface area contributed by atoms with E-state index in [4.69, 9.17) is 0 Å². The van der Waals surface area contributed by atoms with Crippen molar-refractivity contribution in [3.63, 3.8) is 0 Å². The van der Waals surface area contributed by atoms with Crippen LogP contribution in [0.4, 0.5) is 0 Å². The number of fused-ring (bicyclic) bond motifs is 1. The first-order chi connectivity index (χ1) is 15.7. The minimum Gasteiger partial charge on any atom is -0.352 e. The first-order valence-corrected chi connectivity index (χ1v) is 13.4. The Kier molecular flexibility index (Phi) is 8.08. The molecule has 1 aromatic heterocycles. The van der Waals surface area contributed by atoms with Gasteiger partial charge in [0.15, 0.2) is 0 Å². The van der Waals surface area contributed by atoms with Gasteiger partial charge in [-0.25, -0.2) is 4.98 Å². The molecule has 2 amide bonds. The van der Waals surface area contributed by atoms with E-state index in [1.807, 2.05) is 35.7 Å². The van der Waals surface area contributed by atoms with Gasteiger partial charge >= 0.3 is 0 Å². The molecule has 0 bridgehead atoms. The van der Waals surface area contributed by atoms with Crippen LogP contribution in [0, 0.1) is 11.8 Å². The normalized spacial score (nSPS) is 20.5. The highest BCUT2D eigenvalue weighted by Crippen LogP contribution is 2.42. The number of hydrogen-bond donors (Lipinski definition) is 1. The lowest BCUT2D eigenvalue weighted by atomic mass is 9.91. The SMILES string of the molecule is CSc1ncccc1C(=O)N1CCC(CCCCNC(=O)C2=CC3CC=NC=C3S2)CC1. The van der Waals surface area contributed by atoms with Gasteiger partial charge in [-0.05, 0) is 50.0 Å². The van der Waals surface area contributed by atoms with Crippen molar-refractivity contribution in [1.29, 1.82) is 0 Å². The number of nitrogens with zero attached hydrogens (tertiary/aromatic N) is 3. The van der Waals surface area contributed by atoms with Crippen LogP contribution in [-0.4, -0.2) is 53.8 Å². The van der Waals surface area contributed by atoms with Crippen LogP contribution >= 0.6 is 23.5 Å². The monoisotopic (exact) mass is 470 g/mol. The molecule has 0 aromatic carbocycles. The average molecular weight is 471 g/mol. The molecule has 1 atom stereocenters. The molecular weight excluding hydrogens is 440 g/mol. The van der Waals surface area contributed by atoms with Crippen LogP contribution in [0.5, 0.6) is 0 Å². The second-order valence-corrected chi connectivity index (χ2v) is 10.3. The highest BCUT2D eigenvalue weighted by molar-refractivity contribution is 8.07. The Morgan fingerprint density at radius 2 is 2.12 bits per heavy atom. The number of rotatable bonds is 8. The quantitative estimate of drug-likeness (QED) is 0.447. The van der Waals surface area contributed by atoms with Gasteiger partial charge in [0.2, 0.25) is 0 Å². The van der Waals surface area contributed by atoms with E-state index in [0.717, 1.165) is 61.5 Å². The highest BCUT2D eigenvalue weighted by Gasteiger charge is 2.27. The maximum atomic E-state index is 12.9. The van der Waals surface area contributed by atoms with Crippen LogP contribution in [0.3, 0.4) is 0 Å². The Labute approximate surface area is 198 Å². The number of aromatic nitrogens is 1. The smallest absolute Gasteiger partial charge is 0.257 e. The third-order valence-corrected chi connectivity index (χ3v) is 8.15. The number of piperidine rings is 1. The van der Waals surface area contributed by atoms with Gasteiger partial charge in [-0.3, -0.25) is 14.6 Å². The van der Waals surface area contributed by atoms with Crippen LogP contribution in [0.2, 0.25) is 0 Å². The predicted octanol–water partition coefficient (Wildman–Crippen LogP) is 4.51. The topological polar surface area (TPSA) is 74.7 Å². The van der Waals surface area contributed by atoms with Gasteiger partial charge < -0.3 is 10.2 Å². The highest BCUT2D eigenvalue weighted by atomic mass is 32.2. The van der Waals surface area contributed by atoms with Gasteiger partial charge in [-0.1, -0.05) is 30.7 Å². The van der Waals surface area contributed by atoms with Crippen LogP contribution in [-0.2, 0) is 4.79 Å². The molecule has 0 aliphatic carbocycles. The zero-order valence-electron chi connectivity index (χ0n) is 18.5. The van der Waals surface area contributed by atoms with E-state index < -0.39 is 0 Å². The maximum Gasteiger partial charge on any atom is 0.257 e. The molecule has 1 saturated heterocycles. The van der Waals surface area contributed by atoms with Gasteiger partial charge in [0.1, 0.15) is 5.03 Å². The molecule has 1 fully saturated rings. The summed E-state index contributed by atoms with van der Waals surface area (Å²) >= 11 is 3.07. The first-order valence-electron chi connectivity index (χ1n) is 11.3. The molecule has 1 unspecified atom stereocenters. The van der Waals surface area contributed by atoms with Crippen molar-refractivity contribution in [3.8, 4) is 0 Å². The zero-order chi connectivity index (χ0) is 22.3. The molecule has 0 saturated carbocycles. The summed E-state index contributed by atoms with van der Waals surface area (Å²) in [6, 6.07) is 3.71. The second kappa shape index (κ2) is 11.2. The molecule has 1 N–H and O–H groups in total. The average Bonchev–Trinajstić information content (AvgIpc) is 3.28. The Bertz CT molecular complexity index is 936. The second-order valence-electron chi connectivity index (χ2n) is 8.39. The number of pyridine rings is 1. The molecule has 170 valence electrons. The van der Waals surface area contributed by atoms with Crippen LogP contribution in [0.15, 0.2) is 50.4 Å². The number of carbonyl (C=O) groups excluding carboxylic acids is 2. The number of hydrogen-bond acceptors (Lipinski definition) is 6. The van der Waals surface area contributed by atoms with Crippen molar-refractivity contribution in [3.05, 3.63) is 46.0 Å². The summed E-state index contributed by atoms with van der Waals surface area (Å²) in [5.41, 5.74) is 0.716. The lowest BCUT2D eigenvalue weighted by Crippen LogP contribution is -2.38. The molecular formula is C24H30N4O2S2. The van der Waals surface area contributed by atoms with E-state index in [1.165, 1.54) is 16.7 Å². The maximum absolute atomic E-state index is 12.9. The molecule has 8 heteroatoms. The molecule has 3 aliphatic heterocycles. The fourth-order valence-electron chi connectivity index (χ4n) is 4.39. The standard InChI is InChI=1S/C24H30N4O2S2/c1-31-23-19(6-4-11-27-23)24(30)28-13-8-17(9-14-28)5-2-3-10-26-22(29)20-15-18-7-12-25-16-21(18)32-20/h4,6,11-12,15-18H,2-3,5,7-10,13-14H2,1H3,(H,26,29). The van der Waals surface area contributed by atoms with Crippen LogP contribution < -0.4 is 5.32 Å². The summed E-state index contributed by atoms with van der Waals surface area (Å²) in [6.07, 6.45) is 15.8. The molecule has 0 spiro atoms. The van der Waals surface area contributed by atoms with Crippen LogP contribution in [0.25, 0.3) is 0 Å². The van der Waals surface area contributed by atoms with E-state index >= 15 is 0 Å². The summed E-state index contributed by atoms with van der Waals surface area (Å²) in [5, 5.41) is 3.87. The Balaban J connectivity index is 1.12. The van der Waals surface area contributed by atoms with Gasteiger partial charge in [0, 0.05) is 49.1 Å². The number of amides is 2. The van der Waals surface area contributed by atoms with Crippen molar-refractivity contribution in [2.45, 2.75) is 43.6 Å². The van der Waals surface area contributed by atoms with Crippen molar-refractivity contribution in [2.24, 2.45) is 16.8 Å². The summed E-state index contributed by atoms with van der Waals surface area (Å²) in [7, 11) is 0. The lowest BCUT2D eigenvalue weighted by Gasteiger charge is -2.32. The van der Waals surface area contributed by atoms with Crippen molar-refractivity contribution in [1.82, 2.24) is 15.2 Å². The molecule has 0 radical (unpaired) electrons. The van der Waals surface area contributed by atoms with Gasteiger partial charge in [0.05, 0.1) is 10.5 Å². The van der Waals surface area contributed by atoms with Crippen molar-refractivity contribution < 1.29 is 9.59 Å². The van der Waals surface area contributed by atoms with E-state index in [0.29, 0.717) is 23.9 Å². The minimum absolute atomic E-state index is 0.0390. The molecule has 6 nitrogen and oxygen atoms in total. The fraction of sp³-hybridized carbons (Fsp3) is 0.500. The molecule has 32 heavy (non-hydrogen) atoms. The number of thioether (sulfide) groups is 2. The third-order valence-electron chi connectivity index (χ3n) is 6.26. The number of unbranched alkanes of at least 4 members (excludes halogenated alkanes) is 1. The first kappa shape index (κ1) is 23.1. The molecule has 1 aromatic rings. The Morgan fingerprint density at radius 3 is 2.91 bits per heavy atom. The molecule has 4 heterocycles. The summed E-state index contributed by atoms with van der Waals surface area (Å²) in [4.78, 5) is 37.7. The zero-order valence-corrected chi connectivity index (χ0v) is 20.1. The van der Waals surface area contributed by atoms with E-state index in [1.54, 1.807) is 18.0 Å². The third kappa shape index (κ3) is 5.64.